The Kier molecular flexibility index (Phi) is 6.32. The molecule has 1 aliphatic heterocycles. The first-order valence-corrected chi connectivity index (χ1v) is 8.33. The lowest BCUT2D eigenvalue weighted by Crippen LogP contribution is -2.63. The Labute approximate surface area is 121 Å². The van der Waals surface area contributed by atoms with Crippen LogP contribution in [0.4, 0.5) is 0 Å². The highest BCUT2D eigenvalue weighted by Crippen LogP contribution is 2.37. The van der Waals surface area contributed by atoms with E-state index < -0.39 is 0 Å². The minimum atomic E-state index is 0.255. The van der Waals surface area contributed by atoms with E-state index in [0.29, 0.717) is 6.04 Å². The van der Waals surface area contributed by atoms with Crippen LogP contribution in [0.15, 0.2) is 0 Å². The molecule has 0 amide bonds. The quantitative estimate of drug-likeness (QED) is 0.696. The summed E-state index contributed by atoms with van der Waals surface area (Å²) in [7, 11) is 0. The third-order valence-electron chi connectivity index (χ3n) is 4.72. The maximum atomic E-state index is 6.23. The van der Waals surface area contributed by atoms with Crippen LogP contribution in [0, 0.1) is 0 Å². The highest BCUT2D eigenvalue weighted by Gasteiger charge is 2.43. The largest absolute Gasteiger partial charge is 0.328 e. The highest BCUT2D eigenvalue weighted by molar-refractivity contribution is 5.01. The predicted molar refractivity (Wildman–Crippen MR) is 85.4 cm³/mol. The van der Waals surface area contributed by atoms with Crippen LogP contribution in [0.3, 0.4) is 0 Å². The number of hydrogen-bond acceptors (Lipinski definition) is 2. The van der Waals surface area contributed by atoms with Gasteiger partial charge in [-0.15, -0.1) is 0 Å². The molecule has 0 bridgehead atoms. The average molecular weight is 268 g/mol. The molecule has 0 spiro atoms. The molecule has 0 aromatic carbocycles. The number of piperidine rings is 1. The van der Waals surface area contributed by atoms with Gasteiger partial charge in [0.05, 0.1) is 0 Å². The van der Waals surface area contributed by atoms with Crippen molar-refractivity contribution in [1.82, 2.24) is 4.90 Å². The summed E-state index contributed by atoms with van der Waals surface area (Å²) in [6.07, 6.45) is 10.5. The predicted octanol–water partition coefficient (Wildman–Crippen LogP) is 4.33. The van der Waals surface area contributed by atoms with Crippen LogP contribution < -0.4 is 5.73 Å². The molecular weight excluding hydrogens is 232 g/mol. The fourth-order valence-corrected chi connectivity index (χ4v) is 4.05. The maximum absolute atomic E-state index is 6.23. The second-order valence-corrected chi connectivity index (χ2v) is 7.71. The molecule has 1 fully saturated rings. The zero-order chi connectivity index (χ0) is 14.5. The lowest BCUT2D eigenvalue weighted by molar-refractivity contribution is -0.0355. The van der Waals surface area contributed by atoms with Crippen molar-refractivity contribution < 1.29 is 0 Å². The van der Waals surface area contributed by atoms with E-state index in [1.807, 2.05) is 0 Å². The summed E-state index contributed by atoms with van der Waals surface area (Å²) in [6, 6.07) is 0.366. The number of hydrogen-bond donors (Lipinski definition) is 1. The van der Waals surface area contributed by atoms with Crippen LogP contribution in [0.25, 0.3) is 0 Å². The van der Waals surface area contributed by atoms with Gasteiger partial charge in [-0.3, -0.25) is 4.90 Å². The van der Waals surface area contributed by atoms with E-state index in [-0.39, 0.29) is 11.1 Å². The Balaban J connectivity index is 2.41. The number of nitrogens with zero attached hydrogens (tertiary/aromatic N) is 1. The van der Waals surface area contributed by atoms with Crippen molar-refractivity contribution in [3.05, 3.63) is 0 Å². The van der Waals surface area contributed by atoms with Crippen molar-refractivity contribution in [2.45, 2.75) is 103 Å². The van der Waals surface area contributed by atoms with Gasteiger partial charge < -0.3 is 5.73 Å². The first-order chi connectivity index (χ1) is 8.79. The SMILES string of the molecule is CCCCCCCCN1C(C)(C)CC(N)CC1(C)C. The Morgan fingerprint density at radius 2 is 1.37 bits per heavy atom. The van der Waals surface area contributed by atoms with Gasteiger partial charge in [-0.2, -0.15) is 0 Å². The molecule has 0 aromatic rings. The van der Waals surface area contributed by atoms with Crippen LogP contribution >= 0.6 is 0 Å². The van der Waals surface area contributed by atoms with Gasteiger partial charge in [0.25, 0.3) is 0 Å². The summed E-state index contributed by atoms with van der Waals surface area (Å²) in [6.45, 7) is 13.0. The molecule has 2 nitrogen and oxygen atoms in total. The molecule has 114 valence electrons. The smallest absolute Gasteiger partial charge is 0.0173 e. The van der Waals surface area contributed by atoms with E-state index in [4.69, 9.17) is 5.73 Å². The molecule has 1 aliphatic rings. The van der Waals surface area contributed by atoms with Crippen molar-refractivity contribution in [2.24, 2.45) is 5.73 Å². The number of unbranched alkanes of at least 4 members (excludes halogenated alkanes) is 5. The molecule has 0 unspecified atom stereocenters. The summed E-state index contributed by atoms with van der Waals surface area (Å²) in [5, 5.41) is 0. The van der Waals surface area contributed by atoms with Crippen molar-refractivity contribution in [2.75, 3.05) is 6.54 Å². The first-order valence-electron chi connectivity index (χ1n) is 8.33. The minimum Gasteiger partial charge on any atom is -0.328 e. The normalized spacial score (nSPS) is 23.7. The molecule has 0 radical (unpaired) electrons. The molecule has 0 saturated carbocycles. The topological polar surface area (TPSA) is 29.3 Å². The first kappa shape index (κ1) is 17.0. The highest BCUT2D eigenvalue weighted by atomic mass is 15.3. The monoisotopic (exact) mass is 268 g/mol. The Hall–Kier alpha value is -0.0800. The lowest BCUT2D eigenvalue weighted by Gasteiger charge is -2.55. The van der Waals surface area contributed by atoms with Gasteiger partial charge >= 0.3 is 0 Å². The molecule has 2 heteroatoms. The van der Waals surface area contributed by atoms with Crippen LogP contribution in [0.1, 0.15) is 86.0 Å². The van der Waals surface area contributed by atoms with Crippen molar-refractivity contribution in [1.29, 1.82) is 0 Å². The molecule has 0 aliphatic carbocycles. The summed E-state index contributed by atoms with van der Waals surface area (Å²) in [5.74, 6) is 0. The van der Waals surface area contributed by atoms with Gasteiger partial charge in [-0.1, -0.05) is 39.0 Å². The Bertz CT molecular complexity index is 240. The molecule has 1 saturated heterocycles. The number of nitrogens with two attached hydrogens (primary N) is 1. The molecule has 19 heavy (non-hydrogen) atoms. The van der Waals surface area contributed by atoms with Gasteiger partial charge in [0, 0.05) is 17.1 Å². The molecule has 1 heterocycles. The third kappa shape index (κ3) is 5.07. The summed E-state index contributed by atoms with van der Waals surface area (Å²) < 4.78 is 0. The standard InChI is InChI=1S/C17H36N2/c1-6-7-8-9-10-11-12-19-16(2,3)13-15(18)14-17(19,4)5/h15H,6-14,18H2,1-5H3. The zero-order valence-corrected chi connectivity index (χ0v) is 14.0. The fourth-order valence-electron chi connectivity index (χ4n) is 4.05. The third-order valence-corrected chi connectivity index (χ3v) is 4.72. The molecule has 2 N–H and O–H groups in total. The molecular formula is C17H36N2. The summed E-state index contributed by atoms with van der Waals surface area (Å²) >= 11 is 0. The summed E-state index contributed by atoms with van der Waals surface area (Å²) in [5.41, 5.74) is 6.74. The second kappa shape index (κ2) is 7.08. The minimum absolute atomic E-state index is 0.255. The van der Waals surface area contributed by atoms with E-state index in [2.05, 4.69) is 39.5 Å². The zero-order valence-electron chi connectivity index (χ0n) is 14.0. The van der Waals surface area contributed by atoms with Gasteiger partial charge in [-0.25, -0.2) is 0 Å². The molecule has 0 aromatic heterocycles. The lowest BCUT2D eigenvalue weighted by atomic mass is 9.77. The van der Waals surface area contributed by atoms with Crippen LogP contribution in [0.2, 0.25) is 0 Å². The Morgan fingerprint density at radius 1 is 0.895 bits per heavy atom. The molecule has 0 atom stereocenters. The van der Waals surface area contributed by atoms with E-state index >= 15 is 0 Å². The van der Waals surface area contributed by atoms with Crippen LogP contribution in [0.5, 0.6) is 0 Å². The summed E-state index contributed by atoms with van der Waals surface area (Å²) in [4.78, 5) is 2.71. The van der Waals surface area contributed by atoms with E-state index in [0.717, 1.165) is 12.8 Å². The Morgan fingerprint density at radius 3 is 1.89 bits per heavy atom. The molecule has 1 rings (SSSR count). The van der Waals surface area contributed by atoms with E-state index in [1.54, 1.807) is 0 Å². The van der Waals surface area contributed by atoms with Gasteiger partial charge in [0.15, 0.2) is 0 Å². The average Bonchev–Trinajstić information content (AvgIpc) is 2.23. The van der Waals surface area contributed by atoms with E-state index in [9.17, 15) is 0 Å². The van der Waals surface area contributed by atoms with Crippen molar-refractivity contribution >= 4 is 0 Å². The van der Waals surface area contributed by atoms with Crippen molar-refractivity contribution in [3.8, 4) is 0 Å². The number of rotatable bonds is 7. The van der Waals surface area contributed by atoms with Crippen molar-refractivity contribution in [3.63, 3.8) is 0 Å². The van der Waals surface area contributed by atoms with E-state index in [1.165, 1.54) is 45.1 Å². The maximum Gasteiger partial charge on any atom is 0.0173 e. The fraction of sp³-hybridized carbons (Fsp3) is 1.00. The number of likely N-dealkylation sites (tertiary alicyclic amines) is 1. The van der Waals surface area contributed by atoms with Crippen LogP contribution in [-0.4, -0.2) is 28.6 Å². The van der Waals surface area contributed by atoms with Gasteiger partial charge in [0.2, 0.25) is 0 Å². The van der Waals surface area contributed by atoms with Crippen LogP contribution in [-0.2, 0) is 0 Å². The second-order valence-electron chi connectivity index (χ2n) is 7.71. The van der Waals surface area contributed by atoms with Gasteiger partial charge in [0.1, 0.15) is 0 Å². The van der Waals surface area contributed by atoms with Gasteiger partial charge in [-0.05, 0) is 53.5 Å².